The Labute approximate surface area is 184 Å². The zero-order valence-electron chi connectivity index (χ0n) is 18.3. The third-order valence-electron chi connectivity index (χ3n) is 6.08. The number of benzene rings is 1. The fourth-order valence-electron chi connectivity index (χ4n) is 4.75. The Morgan fingerprint density at radius 3 is 2.37 bits per heavy atom. The Morgan fingerprint density at radius 1 is 1.03 bits per heavy atom. The van der Waals surface area contributed by atoms with Gasteiger partial charge in [-0.25, -0.2) is 0 Å². The van der Waals surface area contributed by atoms with E-state index in [4.69, 9.17) is 0 Å². The largest absolute Gasteiger partial charge is 0.341 e. The van der Waals surface area contributed by atoms with Gasteiger partial charge in [0.1, 0.15) is 0 Å². The molecule has 1 aromatic heterocycles. The summed E-state index contributed by atoms with van der Waals surface area (Å²) in [5, 5.41) is 9.69. The summed E-state index contributed by atoms with van der Waals surface area (Å²) in [5.74, 6) is 2.23. The highest BCUT2D eigenvalue weighted by molar-refractivity contribution is 8.00. The topological polar surface area (TPSA) is 54.3 Å². The summed E-state index contributed by atoms with van der Waals surface area (Å²) >= 11 is 1.53. The fourth-order valence-corrected chi connectivity index (χ4v) is 5.70. The number of thioether (sulfide) groups is 1. The molecule has 4 rings (SSSR count). The first-order valence-electron chi connectivity index (χ1n) is 11.2. The average molecular weight is 428 g/mol. The highest BCUT2D eigenvalue weighted by Crippen LogP contribution is 2.32. The lowest BCUT2D eigenvalue weighted by Crippen LogP contribution is -2.45. The molecule has 2 aliphatic rings. The first-order chi connectivity index (χ1) is 14.5. The predicted molar refractivity (Wildman–Crippen MR) is 122 cm³/mol. The molecule has 6 nitrogen and oxygen atoms in total. The summed E-state index contributed by atoms with van der Waals surface area (Å²) in [4.78, 5) is 17.6. The van der Waals surface area contributed by atoms with Crippen LogP contribution >= 0.6 is 11.8 Å². The highest BCUT2D eigenvalue weighted by atomic mass is 32.2. The Kier molecular flexibility index (Phi) is 6.66. The van der Waals surface area contributed by atoms with E-state index in [1.165, 1.54) is 37.4 Å². The first kappa shape index (κ1) is 21.2. The summed E-state index contributed by atoms with van der Waals surface area (Å²) in [6.07, 6.45) is 4.84. The second kappa shape index (κ2) is 9.41. The maximum atomic E-state index is 13.2. The third kappa shape index (κ3) is 4.66. The standard InChI is InChI=1S/C23H33N5OS/c1-17-14-18(2)16-27(15-17)21(29)19(3)30-23-25-24-22(26-12-8-5-9-13-26)28(23)20-10-6-4-7-11-20/h4,6-7,10-11,17-19H,5,8-9,12-16H2,1-3H3. The summed E-state index contributed by atoms with van der Waals surface area (Å²) < 4.78 is 2.13. The number of hydrogen-bond acceptors (Lipinski definition) is 5. The molecule has 0 bridgehead atoms. The van der Waals surface area contributed by atoms with Crippen LogP contribution in [-0.2, 0) is 4.79 Å². The van der Waals surface area contributed by atoms with Crippen molar-refractivity contribution in [1.82, 2.24) is 19.7 Å². The van der Waals surface area contributed by atoms with Gasteiger partial charge in [0.05, 0.1) is 10.9 Å². The maximum Gasteiger partial charge on any atom is 0.235 e. The van der Waals surface area contributed by atoms with E-state index in [1.54, 1.807) is 0 Å². The molecule has 0 saturated carbocycles. The molecule has 30 heavy (non-hydrogen) atoms. The van der Waals surface area contributed by atoms with Gasteiger partial charge in [0.15, 0.2) is 5.16 Å². The molecule has 0 aliphatic carbocycles. The highest BCUT2D eigenvalue weighted by Gasteiger charge is 2.30. The van der Waals surface area contributed by atoms with Crippen LogP contribution in [0.3, 0.4) is 0 Å². The van der Waals surface area contributed by atoms with Crippen molar-refractivity contribution in [1.29, 1.82) is 0 Å². The van der Waals surface area contributed by atoms with Crippen molar-refractivity contribution >= 4 is 23.6 Å². The van der Waals surface area contributed by atoms with Crippen molar-refractivity contribution in [3.63, 3.8) is 0 Å². The lowest BCUT2D eigenvalue weighted by molar-refractivity contribution is -0.132. The van der Waals surface area contributed by atoms with Gasteiger partial charge in [0.25, 0.3) is 0 Å². The molecular weight excluding hydrogens is 394 g/mol. The number of hydrogen-bond donors (Lipinski definition) is 0. The van der Waals surface area contributed by atoms with Gasteiger partial charge in [-0.05, 0) is 56.6 Å². The second-order valence-corrected chi connectivity index (χ2v) is 10.3. The molecule has 3 atom stereocenters. The predicted octanol–water partition coefficient (Wildman–Crippen LogP) is 4.24. The van der Waals surface area contributed by atoms with E-state index in [0.29, 0.717) is 11.8 Å². The third-order valence-corrected chi connectivity index (χ3v) is 7.11. The van der Waals surface area contributed by atoms with Gasteiger partial charge >= 0.3 is 0 Å². The lowest BCUT2D eigenvalue weighted by atomic mass is 9.92. The number of carbonyl (C=O) groups excluding carboxylic acids is 1. The van der Waals surface area contributed by atoms with Crippen LogP contribution in [0.25, 0.3) is 5.69 Å². The van der Waals surface area contributed by atoms with Crippen molar-refractivity contribution in [2.45, 2.75) is 56.9 Å². The minimum atomic E-state index is -0.191. The van der Waals surface area contributed by atoms with Gasteiger partial charge in [0.2, 0.25) is 11.9 Å². The Balaban J connectivity index is 1.57. The van der Waals surface area contributed by atoms with Crippen molar-refractivity contribution in [3.05, 3.63) is 30.3 Å². The molecule has 3 heterocycles. The van der Waals surface area contributed by atoms with Crippen molar-refractivity contribution in [2.24, 2.45) is 11.8 Å². The normalized spacial score (nSPS) is 23.4. The molecule has 162 valence electrons. The van der Waals surface area contributed by atoms with Crippen LogP contribution in [0.4, 0.5) is 5.95 Å². The minimum Gasteiger partial charge on any atom is -0.341 e. The number of aromatic nitrogens is 3. The van der Waals surface area contributed by atoms with Gasteiger partial charge in [-0.2, -0.15) is 0 Å². The van der Waals surface area contributed by atoms with Crippen molar-refractivity contribution in [2.75, 3.05) is 31.1 Å². The number of rotatable bonds is 5. The number of amides is 1. The summed E-state index contributed by atoms with van der Waals surface area (Å²) in [6.45, 7) is 10.2. The monoisotopic (exact) mass is 427 g/mol. The second-order valence-electron chi connectivity index (χ2n) is 8.95. The van der Waals surface area contributed by atoms with E-state index in [2.05, 4.69) is 45.6 Å². The summed E-state index contributed by atoms with van der Waals surface area (Å²) in [5.41, 5.74) is 1.05. The van der Waals surface area contributed by atoms with Crippen LogP contribution in [0.2, 0.25) is 0 Å². The number of nitrogens with zero attached hydrogens (tertiary/aromatic N) is 5. The van der Waals surface area contributed by atoms with Gasteiger partial charge in [-0.3, -0.25) is 9.36 Å². The maximum absolute atomic E-state index is 13.2. The van der Waals surface area contributed by atoms with Crippen LogP contribution in [-0.4, -0.2) is 57.0 Å². The molecule has 2 aliphatic heterocycles. The lowest BCUT2D eigenvalue weighted by Gasteiger charge is -2.36. The van der Waals surface area contributed by atoms with E-state index in [9.17, 15) is 4.79 Å². The van der Waals surface area contributed by atoms with E-state index < -0.39 is 0 Å². The molecule has 0 radical (unpaired) electrons. The van der Waals surface area contributed by atoms with Gasteiger partial charge in [-0.15, -0.1) is 10.2 Å². The van der Waals surface area contributed by atoms with E-state index in [1.807, 2.05) is 30.0 Å². The molecule has 2 saturated heterocycles. The smallest absolute Gasteiger partial charge is 0.235 e. The Morgan fingerprint density at radius 2 is 1.70 bits per heavy atom. The van der Waals surface area contributed by atoms with Gasteiger partial charge < -0.3 is 9.80 Å². The number of anilines is 1. The Bertz CT molecular complexity index is 839. The van der Waals surface area contributed by atoms with Crippen molar-refractivity contribution in [3.8, 4) is 5.69 Å². The van der Waals surface area contributed by atoms with Crippen LogP contribution in [0.1, 0.15) is 46.5 Å². The number of likely N-dealkylation sites (tertiary alicyclic amines) is 1. The first-order valence-corrected chi connectivity index (χ1v) is 12.1. The minimum absolute atomic E-state index is 0.191. The number of para-hydroxylation sites is 1. The van der Waals surface area contributed by atoms with Crippen LogP contribution in [0, 0.1) is 11.8 Å². The quantitative estimate of drug-likeness (QED) is 0.668. The molecule has 3 unspecified atom stereocenters. The molecule has 1 aromatic carbocycles. The zero-order chi connectivity index (χ0) is 21.1. The van der Waals surface area contributed by atoms with Gasteiger partial charge in [0, 0.05) is 26.2 Å². The number of carbonyl (C=O) groups is 1. The van der Waals surface area contributed by atoms with Crippen LogP contribution < -0.4 is 4.90 Å². The fraction of sp³-hybridized carbons (Fsp3) is 0.609. The summed E-state index contributed by atoms with van der Waals surface area (Å²) in [7, 11) is 0. The van der Waals surface area contributed by atoms with Crippen LogP contribution in [0.15, 0.2) is 35.5 Å². The molecule has 1 amide bonds. The molecule has 2 fully saturated rings. The van der Waals surface area contributed by atoms with E-state index >= 15 is 0 Å². The average Bonchev–Trinajstić information content (AvgIpc) is 3.17. The molecule has 0 spiro atoms. The van der Waals surface area contributed by atoms with Crippen LogP contribution in [0.5, 0.6) is 0 Å². The SMILES string of the molecule is CC1CC(C)CN(C(=O)C(C)Sc2nnc(N3CCCCC3)n2-c2ccccc2)C1. The molecular formula is C23H33N5OS. The van der Waals surface area contributed by atoms with E-state index in [-0.39, 0.29) is 11.2 Å². The number of piperidine rings is 2. The Hall–Kier alpha value is -2.02. The van der Waals surface area contributed by atoms with E-state index in [0.717, 1.165) is 43.0 Å². The van der Waals surface area contributed by atoms with Crippen molar-refractivity contribution < 1.29 is 4.79 Å². The zero-order valence-corrected chi connectivity index (χ0v) is 19.1. The molecule has 2 aromatic rings. The molecule has 7 heteroatoms. The summed E-state index contributed by atoms with van der Waals surface area (Å²) in [6, 6.07) is 10.3. The molecule has 0 N–H and O–H groups in total. The van der Waals surface area contributed by atoms with Gasteiger partial charge in [-0.1, -0.05) is 43.8 Å².